The van der Waals surface area contributed by atoms with Gasteiger partial charge in [0.2, 0.25) is 0 Å². The first kappa shape index (κ1) is 20.5. The van der Waals surface area contributed by atoms with Gasteiger partial charge in [-0.25, -0.2) is 9.97 Å². The Kier molecular flexibility index (Phi) is 5.27. The van der Waals surface area contributed by atoms with Crippen molar-refractivity contribution in [1.82, 2.24) is 15.3 Å². The van der Waals surface area contributed by atoms with Gasteiger partial charge in [-0.3, -0.25) is 4.79 Å². The minimum absolute atomic E-state index is 0.0826. The third-order valence-corrected chi connectivity index (χ3v) is 6.29. The first-order chi connectivity index (χ1) is 15.5. The van der Waals surface area contributed by atoms with Crippen LogP contribution in [-0.4, -0.2) is 29.0 Å². The van der Waals surface area contributed by atoms with Gasteiger partial charge >= 0.3 is 0 Å². The van der Waals surface area contributed by atoms with E-state index in [9.17, 15) is 4.79 Å². The monoisotopic (exact) mass is 428 g/mol. The summed E-state index contributed by atoms with van der Waals surface area (Å²) in [6.45, 7) is 7.73. The lowest BCUT2D eigenvalue weighted by Gasteiger charge is -2.33. The fourth-order valence-electron chi connectivity index (χ4n) is 4.62. The van der Waals surface area contributed by atoms with Gasteiger partial charge in [0.15, 0.2) is 0 Å². The number of fused-ring (bicyclic) bond motifs is 2. The van der Waals surface area contributed by atoms with Crippen molar-refractivity contribution in [2.75, 3.05) is 29.0 Å². The number of hydrogen-bond acceptors (Lipinski definition) is 6. The summed E-state index contributed by atoms with van der Waals surface area (Å²) in [7, 11) is 0. The molecule has 4 N–H and O–H groups in total. The summed E-state index contributed by atoms with van der Waals surface area (Å²) in [5.74, 6) is 1.35. The summed E-state index contributed by atoms with van der Waals surface area (Å²) in [6.07, 6.45) is 4.47. The normalized spacial score (nSPS) is 15.9. The molecule has 3 aromatic rings. The Bertz CT molecular complexity index is 1170. The van der Waals surface area contributed by atoms with Crippen LogP contribution in [-0.2, 0) is 24.9 Å². The summed E-state index contributed by atoms with van der Waals surface area (Å²) in [4.78, 5) is 21.9. The van der Waals surface area contributed by atoms with Crippen molar-refractivity contribution >= 4 is 23.2 Å². The van der Waals surface area contributed by atoms with Crippen LogP contribution < -0.4 is 21.3 Å². The summed E-state index contributed by atoms with van der Waals surface area (Å²) in [5.41, 5.74) is 6.35. The summed E-state index contributed by atoms with van der Waals surface area (Å²) in [5, 5.41) is 13.2. The predicted molar refractivity (Wildman–Crippen MR) is 127 cm³/mol. The minimum Gasteiger partial charge on any atom is -0.370 e. The van der Waals surface area contributed by atoms with Gasteiger partial charge in [-0.05, 0) is 53.4 Å². The largest absolute Gasteiger partial charge is 0.370 e. The summed E-state index contributed by atoms with van der Waals surface area (Å²) < 4.78 is 0. The zero-order valence-corrected chi connectivity index (χ0v) is 18.5. The lowest BCUT2D eigenvalue weighted by molar-refractivity contribution is 0.102. The van der Waals surface area contributed by atoms with Crippen LogP contribution in [0.4, 0.5) is 17.3 Å². The fraction of sp³-hybridized carbons (Fsp3) is 0.320. The maximum absolute atomic E-state index is 13.1. The number of hydrogen-bond donors (Lipinski definition) is 4. The zero-order chi connectivity index (χ0) is 22.1. The van der Waals surface area contributed by atoms with Crippen LogP contribution in [0.3, 0.4) is 0 Å². The number of carbonyl (C=O) groups is 1. The van der Waals surface area contributed by atoms with E-state index >= 15 is 0 Å². The van der Waals surface area contributed by atoms with Gasteiger partial charge in [0.1, 0.15) is 11.6 Å². The molecule has 0 saturated carbocycles. The average molecular weight is 429 g/mol. The van der Waals surface area contributed by atoms with Gasteiger partial charge in [-0.1, -0.05) is 19.9 Å². The van der Waals surface area contributed by atoms with E-state index in [1.807, 2.05) is 18.3 Å². The highest BCUT2D eigenvalue weighted by molar-refractivity contribution is 6.07. The van der Waals surface area contributed by atoms with E-state index in [4.69, 9.17) is 0 Å². The minimum atomic E-state index is -0.176. The SMILES string of the molecule is CC1(C)CNCc2cc(NC(=O)c3cccnc3NCc3ccnc4c3CCN4)ccc21. The molecule has 2 aromatic heterocycles. The molecule has 7 heteroatoms. The van der Waals surface area contributed by atoms with Crippen LogP contribution in [0.25, 0.3) is 0 Å². The molecule has 0 atom stereocenters. The third kappa shape index (κ3) is 3.91. The van der Waals surface area contributed by atoms with Gasteiger partial charge in [0.25, 0.3) is 5.91 Å². The van der Waals surface area contributed by atoms with E-state index in [0.717, 1.165) is 37.6 Å². The summed E-state index contributed by atoms with van der Waals surface area (Å²) >= 11 is 0. The summed E-state index contributed by atoms with van der Waals surface area (Å²) in [6, 6.07) is 11.8. The van der Waals surface area contributed by atoms with E-state index in [0.29, 0.717) is 17.9 Å². The molecule has 0 unspecified atom stereocenters. The third-order valence-electron chi connectivity index (χ3n) is 6.29. The standard InChI is InChI=1S/C25H28N6O/c1-25(2)15-26-13-17-12-18(5-6-21(17)25)31-24(32)20-4-3-9-27-23(20)30-14-16-7-10-28-22-19(16)8-11-29-22/h3-7,9-10,12,26H,8,11,13-15H2,1-2H3,(H,27,30)(H,28,29)(H,31,32). The topological polar surface area (TPSA) is 91.0 Å². The van der Waals surface area contributed by atoms with Crippen molar-refractivity contribution in [3.05, 3.63) is 76.6 Å². The maximum atomic E-state index is 13.1. The number of carbonyl (C=O) groups excluding carboxylic acids is 1. The first-order valence-electron chi connectivity index (χ1n) is 11.1. The quantitative estimate of drug-likeness (QED) is 0.496. The van der Waals surface area contributed by atoms with Crippen LogP contribution in [0, 0.1) is 0 Å². The van der Waals surface area contributed by atoms with Crippen LogP contribution in [0.1, 0.15) is 46.5 Å². The number of aromatic nitrogens is 2. The molecule has 0 saturated heterocycles. The number of benzene rings is 1. The molecule has 4 heterocycles. The molecule has 5 rings (SSSR count). The number of anilines is 3. The highest BCUT2D eigenvalue weighted by atomic mass is 16.1. The van der Waals surface area contributed by atoms with Gasteiger partial charge < -0.3 is 21.3 Å². The van der Waals surface area contributed by atoms with Crippen LogP contribution in [0.2, 0.25) is 0 Å². The lowest BCUT2D eigenvalue weighted by Crippen LogP contribution is -2.38. The molecule has 1 amide bonds. The molecule has 7 nitrogen and oxygen atoms in total. The van der Waals surface area contributed by atoms with Crippen molar-refractivity contribution in [1.29, 1.82) is 0 Å². The molecule has 0 radical (unpaired) electrons. The molecule has 2 aliphatic rings. The Morgan fingerprint density at radius 1 is 1.16 bits per heavy atom. The molecule has 0 fully saturated rings. The Balaban J connectivity index is 1.33. The number of nitrogens with zero attached hydrogens (tertiary/aromatic N) is 2. The molecule has 32 heavy (non-hydrogen) atoms. The second kappa shape index (κ2) is 8.24. The average Bonchev–Trinajstić information content (AvgIpc) is 3.27. The molecule has 0 bridgehead atoms. The van der Waals surface area contributed by atoms with Crippen molar-refractivity contribution < 1.29 is 4.79 Å². The maximum Gasteiger partial charge on any atom is 0.259 e. The van der Waals surface area contributed by atoms with Crippen LogP contribution in [0.15, 0.2) is 48.8 Å². The van der Waals surface area contributed by atoms with Crippen molar-refractivity contribution in [3.8, 4) is 0 Å². The van der Waals surface area contributed by atoms with E-state index < -0.39 is 0 Å². The highest BCUT2D eigenvalue weighted by Crippen LogP contribution is 2.31. The molecule has 0 aliphatic carbocycles. The van der Waals surface area contributed by atoms with Gasteiger partial charge in [0, 0.05) is 55.2 Å². The van der Waals surface area contributed by atoms with E-state index in [2.05, 4.69) is 57.2 Å². The van der Waals surface area contributed by atoms with Gasteiger partial charge in [-0.2, -0.15) is 0 Å². The number of nitrogens with one attached hydrogen (secondary N) is 4. The molecular weight excluding hydrogens is 400 g/mol. The first-order valence-corrected chi connectivity index (χ1v) is 11.1. The second-order valence-electron chi connectivity index (χ2n) is 9.04. The Labute approximate surface area is 188 Å². The molecule has 1 aromatic carbocycles. The molecule has 2 aliphatic heterocycles. The zero-order valence-electron chi connectivity index (χ0n) is 18.5. The molecule has 0 spiro atoms. The van der Waals surface area contributed by atoms with Crippen LogP contribution in [0.5, 0.6) is 0 Å². The van der Waals surface area contributed by atoms with Crippen LogP contribution >= 0.6 is 0 Å². The Morgan fingerprint density at radius 3 is 2.97 bits per heavy atom. The van der Waals surface area contributed by atoms with Crippen molar-refractivity contribution in [2.24, 2.45) is 0 Å². The van der Waals surface area contributed by atoms with E-state index in [-0.39, 0.29) is 11.3 Å². The van der Waals surface area contributed by atoms with E-state index in [1.54, 1.807) is 18.3 Å². The number of pyridine rings is 2. The predicted octanol–water partition coefficient (Wildman–Crippen LogP) is 3.69. The molecular formula is C25H28N6O. The fourth-order valence-corrected chi connectivity index (χ4v) is 4.62. The van der Waals surface area contributed by atoms with Crippen molar-refractivity contribution in [3.63, 3.8) is 0 Å². The number of rotatable bonds is 5. The number of amides is 1. The lowest BCUT2D eigenvalue weighted by atomic mass is 9.79. The van der Waals surface area contributed by atoms with Gasteiger partial charge in [-0.15, -0.1) is 0 Å². The Hall–Kier alpha value is -3.45. The van der Waals surface area contributed by atoms with Crippen molar-refractivity contribution in [2.45, 2.75) is 38.8 Å². The highest BCUT2D eigenvalue weighted by Gasteiger charge is 2.27. The van der Waals surface area contributed by atoms with Gasteiger partial charge in [0.05, 0.1) is 5.56 Å². The molecule has 164 valence electrons. The Morgan fingerprint density at radius 2 is 2.06 bits per heavy atom. The van der Waals surface area contributed by atoms with E-state index in [1.165, 1.54) is 22.3 Å². The second-order valence-corrected chi connectivity index (χ2v) is 9.04. The smallest absolute Gasteiger partial charge is 0.259 e.